The third-order valence-electron chi connectivity index (χ3n) is 3.82. The van der Waals surface area contributed by atoms with E-state index in [4.69, 9.17) is 4.74 Å². The molecule has 0 unspecified atom stereocenters. The molecule has 4 nitrogen and oxygen atoms in total. The lowest BCUT2D eigenvalue weighted by molar-refractivity contribution is -0.151. The number of cyclic esters (lactones) is 1. The first kappa shape index (κ1) is 18.7. The van der Waals surface area contributed by atoms with E-state index in [1.807, 2.05) is 26.0 Å². The summed E-state index contributed by atoms with van der Waals surface area (Å²) in [5.74, 6) is -0.484. The number of hydrogen-bond donors (Lipinski definition) is 2. The number of aliphatic hydroxyl groups excluding tert-OH is 1. The number of ether oxygens (including phenoxy) is 1. The van der Waals surface area contributed by atoms with Gasteiger partial charge < -0.3 is 14.9 Å². The van der Waals surface area contributed by atoms with Crippen molar-refractivity contribution in [2.45, 2.75) is 57.8 Å². The Morgan fingerprint density at radius 3 is 2.86 bits per heavy atom. The summed E-state index contributed by atoms with van der Waals surface area (Å²) in [6, 6.07) is 0. The molecule has 0 aromatic carbocycles. The molecular weight excluding hydrogens is 280 g/mol. The number of carbonyl (C=O) groups is 1. The third-order valence-corrected chi connectivity index (χ3v) is 3.82. The van der Waals surface area contributed by atoms with E-state index in [9.17, 15) is 15.0 Å². The van der Waals surface area contributed by atoms with E-state index in [2.05, 4.69) is 6.58 Å². The standard InChI is InChI=1S/C18H27O4/c1-5-7-13(2)17-14(3)8-6-10-18(4,21)11-9-15(19)12-16(20)22-17/h5-8,10,14-15,17,19,21H,1,9,11-12H2,2-4H3/b8-6+,13-7+/t14-,15+,17+,18+/m0/s1. The summed E-state index contributed by atoms with van der Waals surface area (Å²) in [5.41, 5.74) is -0.110. The molecule has 0 saturated heterocycles. The maximum absolute atomic E-state index is 12.0. The predicted molar refractivity (Wildman–Crippen MR) is 86.9 cm³/mol. The Morgan fingerprint density at radius 2 is 2.23 bits per heavy atom. The summed E-state index contributed by atoms with van der Waals surface area (Å²) in [6.07, 6.45) is 8.32. The molecular formula is C18H27O4. The lowest BCUT2D eigenvalue weighted by atomic mass is 9.91. The van der Waals surface area contributed by atoms with Crippen LogP contribution in [0.5, 0.6) is 0 Å². The average Bonchev–Trinajstić information content (AvgIpc) is 2.41. The van der Waals surface area contributed by atoms with Crippen LogP contribution < -0.4 is 0 Å². The fourth-order valence-electron chi connectivity index (χ4n) is 2.46. The summed E-state index contributed by atoms with van der Waals surface area (Å²) in [7, 11) is 0. The van der Waals surface area contributed by atoms with Crippen molar-refractivity contribution in [2.24, 2.45) is 5.92 Å². The van der Waals surface area contributed by atoms with Gasteiger partial charge in [-0.15, -0.1) is 0 Å². The maximum atomic E-state index is 12.0. The Morgan fingerprint density at radius 1 is 1.55 bits per heavy atom. The van der Waals surface area contributed by atoms with Crippen molar-refractivity contribution in [3.8, 4) is 0 Å². The van der Waals surface area contributed by atoms with Crippen molar-refractivity contribution in [3.05, 3.63) is 42.9 Å². The first-order valence-electron chi connectivity index (χ1n) is 7.67. The first-order valence-corrected chi connectivity index (χ1v) is 7.67. The number of hydrogen-bond acceptors (Lipinski definition) is 4. The van der Waals surface area contributed by atoms with Gasteiger partial charge in [-0.05, 0) is 32.3 Å². The average molecular weight is 307 g/mol. The van der Waals surface area contributed by atoms with E-state index in [0.29, 0.717) is 12.8 Å². The predicted octanol–water partition coefficient (Wildman–Crippen LogP) is 2.72. The molecule has 4 heteroatoms. The van der Waals surface area contributed by atoms with Gasteiger partial charge in [-0.25, -0.2) is 0 Å². The van der Waals surface area contributed by atoms with E-state index in [1.54, 1.807) is 25.5 Å². The van der Waals surface area contributed by atoms with Gasteiger partial charge in [0.25, 0.3) is 0 Å². The number of esters is 1. The maximum Gasteiger partial charge on any atom is 0.309 e. The number of rotatable bonds is 2. The van der Waals surface area contributed by atoms with Crippen LogP contribution in [-0.2, 0) is 9.53 Å². The Bertz CT molecular complexity index is 448. The second kappa shape index (κ2) is 8.30. The quantitative estimate of drug-likeness (QED) is 0.608. The fourth-order valence-corrected chi connectivity index (χ4v) is 2.46. The van der Waals surface area contributed by atoms with Crippen molar-refractivity contribution in [2.75, 3.05) is 0 Å². The molecule has 1 heterocycles. The van der Waals surface area contributed by atoms with E-state index >= 15 is 0 Å². The van der Waals surface area contributed by atoms with Crippen LogP contribution in [-0.4, -0.2) is 34.0 Å². The molecule has 0 aromatic rings. The summed E-state index contributed by atoms with van der Waals surface area (Å²) in [5, 5.41) is 20.1. The second-order valence-electron chi connectivity index (χ2n) is 6.22. The lowest BCUT2D eigenvalue weighted by Gasteiger charge is -2.27. The largest absolute Gasteiger partial charge is 0.457 e. The molecule has 0 bridgehead atoms. The van der Waals surface area contributed by atoms with Crippen LogP contribution in [0.15, 0.2) is 36.5 Å². The van der Waals surface area contributed by atoms with Crippen LogP contribution in [0.4, 0.5) is 0 Å². The van der Waals surface area contributed by atoms with E-state index < -0.39 is 23.8 Å². The monoisotopic (exact) mass is 307 g/mol. The zero-order valence-corrected chi connectivity index (χ0v) is 13.7. The highest BCUT2D eigenvalue weighted by Gasteiger charge is 2.26. The highest BCUT2D eigenvalue weighted by atomic mass is 16.5. The summed E-state index contributed by atoms with van der Waals surface area (Å²) >= 11 is 0. The molecule has 1 aliphatic rings. The lowest BCUT2D eigenvalue weighted by Crippen LogP contribution is -2.30. The molecule has 22 heavy (non-hydrogen) atoms. The van der Waals surface area contributed by atoms with Crippen molar-refractivity contribution in [1.82, 2.24) is 0 Å². The molecule has 4 atom stereocenters. The number of aliphatic hydroxyl groups is 2. The SMILES string of the molecule is C=C/C=C(\C)[C@H]1OC(=O)C[C@H](O)CC[C@](C)(O)[CH]/C=C/[C@@H]1C. The van der Waals surface area contributed by atoms with Crippen molar-refractivity contribution in [1.29, 1.82) is 0 Å². The molecule has 1 aliphatic heterocycles. The molecule has 0 aromatic heterocycles. The summed E-state index contributed by atoms with van der Waals surface area (Å²) in [6.45, 7) is 9.18. The molecule has 0 saturated carbocycles. The molecule has 0 amide bonds. The fraction of sp³-hybridized carbons (Fsp3) is 0.556. The van der Waals surface area contributed by atoms with Crippen molar-refractivity contribution >= 4 is 5.97 Å². The van der Waals surface area contributed by atoms with Gasteiger partial charge in [-0.3, -0.25) is 4.79 Å². The summed E-state index contributed by atoms with van der Waals surface area (Å²) < 4.78 is 5.53. The van der Waals surface area contributed by atoms with Crippen molar-refractivity contribution in [3.63, 3.8) is 0 Å². The topological polar surface area (TPSA) is 66.8 Å². The highest BCUT2D eigenvalue weighted by Crippen LogP contribution is 2.24. The van der Waals surface area contributed by atoms with Crippen LogP contribution in [0.1, 0.15) is 40.0 Å². The van der Waals surface area contributed by atoms with Crippen molar-refractivity contribution < 1.29 is 19.7 Å². The molecule has 0 aliphatic carbocycles. The molecule has 1 radical (unpaired) electrons. The van der Waals surface area contributed by atoms with Gasteiger partial charge in [0.15, 0.2) is 0 Å². The van der Waals surface area contributed by atoms with Gasteiger partial charge in [0.2, 0.25) is 0 Å². The molecule has 1 rings (SSSR count). The van der Waals surface area contributed by atoms with Crippen LogP contribution >= 0.6 is 0 Å². The minimum atomic E-state index is -0.998. The smallest absolute Gasteiger partial charge is 0.309 e. The van der Waals surface area contributed by atoms with Gasteiger partial charge >= 0.3 is 5.97 Å². The van der Waals surface area contributed by atoms with Gasteiger partial charge in [-0.2, -0.15) is 0 Å². The third kappa shape index (κ3) is 6.16. The van der Waals surface area contributed by atoms with Crippen LogP contribution in [0.2, 0.25) is 0 Å². The highest BCUT2D eigenvalue weighted by molar-refractivity contribution is 5.70. The van der Waals surface area contributed by atoms with Gasteiger partial charge in [0.1, 0.15) is 6.10 Å². The van der Waals surface area contributed by atoms with Gasteiger partial charge in [0.05, 0.1) is 18.1 Å². The number of allylic oxidation sites excluding steroid dienone is 2. The van der Waals surface area contributed by atoms with E-state index in [-0.39, 0.29) is 12.3 Å². The zero-order chi connectivity index (χ0) is 16.8. The Kier molecular flexibility index (Phi) is 7.04. The zero-order valence-electron chi connectivity index (χ0n) is 13.7. The van der Waals surface area contributed by atoms with Crippen LogP contribution in [0.3, 0.4) is 0 Å². The summed E-state index contributed by atoms with van der Waals surface area (Å²) in [4.78, 5) is 12.0. The van der Waals surface area contributed by atoms with Crippen LogP contribution in [0, 0.1) is 12.3 Å². The molecule has 0 spiro atoms. The minimum absolute atomic E-state index is 0.0521. The molecule has 2 N–H and O–H groups in total. The van der Waals surface area contributed by atoms with E-state index in [1.165, 1.54) is 0 Å². The van der Waals surface area contributed by atoms with E-state index in [0.717, 1.165) is 5.57 Å². The molecule has 123 valence electrons. The normalized spacial score (nSPS) is 36.7. The van der Waals surface area contributed by atoms with Crippen LogP contribution in [0.25, 0.3) is 0 Å². The Labute approximate surface area is 133 Å². The van der Waals surface area contributed by atoms with Gasteiger partial charge in [-0.1, -0.05) is 37.8 Å². The first-order chi connectivity index (χ1) is 10.2. The minimum Gasteiger partial charge on any atom is -0.457 e. The molecule has 0 fully saturated rings. The van der Waals surface area contributed by atoms with Gasteiger partial charge in [0, 0.05) is 12.3 Å². The Hall–Kier alpha value is -1.39. The Balaban J connectivity index is 3.00. The second-order valence-corrected chi connectivity index (χ2v) is 6.22. The number of carbonyl (C=O) groups excluding carboxylic acids is 1.